The van der Waals surface area contributed by atoms with Gasteiger partial charge in [-0.3, -0.25) is 0 Å². The van der Waals surface area contributed by atoms with Crippen LogP contribution in [0.25, 0.3) is 88.4 Å². The first-order chi connectivity index (χ1) is 24.8. The van der Waals surface area contributed by atoms with Crippen molar-refractivity contribution in [2.24, 2.45) is 0 Å². The highest BCUT2D eigenvalue weighted by Crippen LogP contribution is 2.39. The molecule has 0 radical (unpaired) electrons. The highest BCUT2D eigenvalue weighted by atomic mass is 15.0. The molecule has 0 saturated heterocycles. The maximum Gasteiger partial charge on any atom is 0.0980 e. The molecule has 10 rings (SSSR count). The van der Waals surface area contributed by atoms with Crippen LogP contribution in [0, 0.1) is 12.1 Å². The molecule has 10 aromatic rings. The zero-order chi connectivity index (χ0) is 33.0. The lowest BCUT2D eigenvalue weighted by Gasteiger charge is -2.09. The Labute approximate surface area is 290 Å². The van der Waals surface area contributed by atoms with Crippen molar-refractivity contribution in [3.05, 3.63) is 194 Å². The molecule has 2 heteroatoms. The Bertz CT molecular complexity index is 2840. The molecule has 8 aromatic carbocycles. The van der Waals surface area contributed by atoms with Crippen molar-refractivity contribution >= 4 is 43.6 Å². The molecule has 0 atom stereocenters. The highest BCUT2D eigenvalue weighted by molar-refractivity contribution is 6.13. The van der Waals surface area contributed by atoms with Gasteiger partial charge in [0.1, 0.15) is 0 Å². The molecule has 50 heavy (non-hydrogen) atoms. The molecule has 0 unspecified atom stereocenters. The summed E-state index contributed by atoms with van der Waals surface area (Å²) >= 11 is 0. The number of hydrogen-bond acceptors (Lipinski definition) is 0. The molecule has 0 aliphatic carbocycles. The topological polar surface area (TPSA) is 9.86 Å². The van der Waals surface area contributed by atoms with Crippen molar-refractivity contribution in [3.63, 3.8) is 0 Å². The maximum absolute atomic E-state index is 3.42. The molecular weight excluding hydrogens is 605 g/mol. The van der Waals surface area contributed by atoms with E-state index in [0.29, 0.717) is 0 Å². The third kappa shape index (κ3) is 4.53. The van der Waals surface area contributed by atoms with E-state index >= 15 is 0 Å². The first kappa shape index (κ1) is 28.2. The van der Waals surface area contributed by atoms with Gasteiger partial charge in [0.2, 0.25) is 0 Å². The fourth-order valence-electron chi connectivity index (χ4n) is 7.61. The Balaban J connectivity index is 1.16. The molecule has 2 nitrogen and oxygen atoms in total. The zero-order valence-electron chi connectivity index (χ0n) is 27.2. The van der Waals surface area contributed by atoms with E-state index in [-0.39, 0.29) is 0 Å². The third-order valence-electron chi connectivity index (χ3n) is 9.96. The summed E-state index contributed by atoms with van der Waals surface area (Å²) in [4.78, 5) is 0. The predicted molar refractivity (Wildman–Crippen MR) is 209 cm³/mol. The van der Waals surface area contributed by atoms with Crippen LogP contribution in [0.4, 0.5) is 0 Å². The minimum atomic E-state index is 0.981. The summed E-state index contributed by atoms with van der Waals surface area (Å²) in [5.74, 6) is 0. The van der Waals surface area contributed by atoms with E-state index in [2.05, 4.69) is 197 Å². The van der Waals surface area contributed by atoms with Gasteiger partial charge in [-0.2, -0.15) is 0 Å². The Kier molecular flexibility index (Phi) is 6.44. The summed E-state index contributed by atoms with van der Waals surface area (Å²) in [5, 5.41) is 4.92. The van der Waals surface area contributed by atoms with E-state index in [1.807, 2.05) is 6.07 Å². The average molecular weight is 635 g/mol. The number of aromatic nitrogens is 2. The molecule has 0 aliphatic rings. The molecule has 2 aromatic heterocycles. The summed E-state index contributed by atoms with van der Waals surface area (Å²) in [6.07, 6.45) is 0. The smallest absolute Gasteiger partial charge is 0.0980 e. The van der Waals surface area contributed by atoms with Crippen LogP contribution in [-0.4, -0.2) is 9.13 Å². The van der Waals surface area contributed by atoms with Gasteiger partial charge in [-0.15, -0.1) is 0 Å². The lowest BCUT2D eigenvalue weighted by Crippen LogP contribution is -1.93. The van der Waals surface area contributed by atoms with Gasteiger partial charge in [0.25, 0.3) is 0 Å². The number of fused-ring (bicyclic) bond motifs is 6. The van der Waals surface area contributed by atoms with Gasteiger partial charge in [-0.1, -0.05) is 121 Å². The van der Waals surface area contributed by atoms with Gasteiger partial charge in [-0.25, -0.2) is 0 Å². The molecular formula is C48H30N2. The maximum atomic E-state index is 3.42. The first-order valence-electron chi connectivity index (χ1n) is 17.0. The molecule has 0 N–H and O–H groups in total. The SMILES string of the molecule is c1cc(-c2ccccc2)cc(-n2c3ccccc3c3cc(-c4ccc5c(c4)c4cc(-c6ccccc6)ccc4n5-c4ccccc4)ccc32)c#1. The predicted octanol–water partition coefficient (Wildman–Crippen LogP) is 12.5. The monoisotopic (exact) mass is 634 g/mol. The van der Waals surface area contributed by atoms with Crippen LogP contribution in [0.3, 0.4) is 0 Å². The van der Waals surface area contributed by atoms with Gasteiger partial charge >= 0.3 is 0 Å². The largest absolute Gasteiger partial charge is 0.309 e. The van der Waals surface area contributed by atoms with Crippen molar-refractivity contribution in [2.45, 2.75) is 0 Å². The summed E-state index contributed by atoms with van der Waals surface area (Å²) in [6, 6.07) is 72.1. The van der Waals surface area contributed by atoms with E-state index in [1.165, 1.54) is 60.4 Å². The number of para-hydroxylation sites is 2. The molecule has 0 aliphatic heterocycles. The van der Waals surface area contributed by atoms with Crippen molar-refractivity contribution in [1.29, 1.82) is 0 Å². The van der Waals surface area contributed by atoms with Crippen LogP contribution < -0.4 is 0 Å². The summed E-state index contributed by atoms with van der Waals surface area (Å²) in [6.45, 7) is 0. The van der Waals surface area contributed by atoms with Crippen molar-refractivity contribution in [2.75, 3.05) is 0 Å². The number of nitrogens with zero attached hydrogens (tertiary/aromatic N) is 2. The first-order valence-corrected chi connectivity index (χ1v) is 17.0. The number of benzene rings is 7. The number of rotatable bonds is 5. The molecule has 232 valence electrons. The van der Waals surface area contributed by atoms with E-state index in [0.717, 1.165) is 28.0 Å². The summed E-state index contributed by atoms with van der Waals surface area (Å²) in [7, 11) is 0. The summed E-state index contributed by atoms with van der Waals surface area (Å²) in [5.41, 5.74) is 14.0. The van der Waals surface area contributed by atoms with Gasteiger partial charge in [0, 0.05) is 27.2 Å². The average Bonchev–Trinajstić information content (AvgIpc) is 3.71. The Morgan fingerprint density at radius 3 is 1.40 bits per heavy atom. The van der Waals surface area contributed by atoms with Gasteiger partial charge in [0.15, 0.2) is 0 Å². The fraction of sp³-hybridized carbons (Fsp3) is 0. The minimum Gasteiger partial charge on any atom is -0.309 e. The Hall–Kier alpha value is -6.82. The lowest BCUT2D eigenvalue weighted by atomic mass is 9.99. The molecule has 0 amide bonds. The van der Waals surface area contributed by atoms with Crippen LogP contribution in [0.15, 0.2) is 182 Å². The molecule has 0 spiro atoms. The van der Waals surface area contributed by atoms with E-state index in [4.69, 9.17) is 0 Å². The van der Waals surface area contributed by atoms with Crippen LogP contribution in [-0.2, 0) is 0 Å². The minimum absolute atomic E-state index is 0.981. The second-order valence-electron chi connectivity index (χ2n) is 12.8. The lowest BCUT2D eigenvalue weighted by molar-refractivity contribution is 1.18. The van der Waals surface area contributed by atoms with E-state index in [9.17, 15) is 0 Å². The standard InChI is InChI=1S/C48H30N2/c1-4-13-33(14-5-1)35-17-12-20-40(29-35)50-45-22-11-10-21-41(45)42-31-37(24-27-46(42)50)38-25-28-48-44(32-38)43-30-36(34-15-6-2-7-16-34)23-26-47(43)49(48)39-18-8-3-9-19-39/h1-11,13-19,21-32H. The van der Waals surface area contributed by atoms with E-state index in [1.54, 1.807) is 0 Å². The molecule has 0 saturated carbocycles. The van der Waals surface area contributed by atoms with Crippen molar-refractivity contribution < 1.29 is 0 Å². The van der Waals surface area contributed by atoms with Crippen LogP contribution >= 0.6 is 0 Å². The fourth-order valence-corrected chi connectivity index (χ4v) is 7.61. The number of hydrogen-bond donors (Lipinski definition) is 0. The zero-order valence-corrected chi connectivity index (χ0v) is 27.2. The van der Waals surface area contributed by atoms with Crippen LogP contribution in [0.5, 0.6) is 0 Å². The molecule has 2 heterocycles. The normalized spacial score (nSPS) is 11.4. The van der Waals surface area contributed by atoms with E-state index < -0.39 is 0 Å². The Morgan fingerprint density at radius 1 is 0.320 bits per heavy atom. The second kappa shape index (κ2) is 11.4. The van der Waals surface area contributed by atoms with Gasteiger partial charge < -0.3 is 9.13 Å². The second-order valence-corrected chi connectivity index (χ2v) is 12.8. The van der Waals surface area contributed by atoms with Gasteiger partial charge in [0.05, 0.1) is 27.8 Å². The Morgan fingerprint density at radius 2 is 0.780 bits per heavy atom. The van der Waals surface area contributed by atoms with Crippen molar-refractivity contribution in [1.82, 2.24) is 9.13 Å². The molecule has 0 bridgehead atoms. The van der Waals surface area contributed by atoms with Crippen molar-refractivity contribution in [3.8, 4) is 44.8 Å². The van der Waals surface area contributed by atoms with Crippen LogP contribution in [0.1, 0.15) is 0 Å². The highest BCUT2D eigenvalue weighted by Gasteiger charge is 2.17. The van der Waals surface area contributed by atoms with Crippen LogP contribution in [0.2, 0.25) is 0 Å². The molecule has 0 fully saturated rings. The third-order valence-corrected chi connectivity index (χ3v) is 9.96. The quantitative estimate of drug-likeness (QED) is 0.178. The van der Waals surface area contributed by atoms with Gasteiger partial charge in [-0.05, 0) is 106 Å². The summed E-state index contributed by atoms with van der Waals surface area (Å²) < 4.78 is 4.70.